The SMILES string of the molecule is Ic1cccc2c1oc1c2ccc2c1c1cccc3c4ccccc4n2c31. The monoisotopic (exact) mass is 457 g/mol. The summed E-state index contributed by atoms with van der Waals surface area (Å²) in [6.45, 7) is 0. The molecule has 0 aliphatic carbocycles. The van der Waals surface area contributed by atoms with Crippen molar-refractivity contribution in [3.63, 3.8) is 0 Å². The number of hydrogen-bond donors (Lipinski definition) is 0. The summed E-state index contributed by atoms with van der Waals surface area (Å²) in [7, 11) is 0. The molecule has 7 aromatic rings. The largest absolute Gasteiger partial charge is 0.454 e. The second-order valence-electron chi connectivity index (χ2n) is 7.11. The number of para-hydroxylation sites is 3. The predicted molar refractivity (Wildman–Crippen MR) is 121 cm³/mol. The number of furan rings is 1. The Labute approximate surface area is 167 Å². The molecule has 0 unspecified atom stereocenters. The molecule has 126 valence electrons. The summed E-state index contributed by atoms with van der Waals surface area (Å²) >= 11 is 2.36. The Morgan fingerprint density at radius 1 is 0.593 bits per heavy atom. The van der Waals surface area contributed by atoms with E-state index in [2.05, 4.69) is 99.8 Å². The Balaban J connectivity index is 1.86. The van der Waals surface area contributed by atoms with E-state index in [1.165, 1.54) is 48.9 Å². The van der Waals surface area contributed by atoms with Gasteiger partial charge in [-0.3, -0.25) is 0 Å². The van der Waals surface area contributed by atoms with Crippen LogP contribution in [0, 0.1) is 3.57 Å². The third kappa shape index (κ3) is 1.58. The van der Waals surface area contributed by atoms with Crippen molar-refractivity contribution in [3.8, 4) is 0 Å². The molecule has 0 N–H and O–H groups in total. The molecule has 7 rings (SSSR count). The van der Waals surface area contributed by atoms with Gasteiger partial charge < -0.3 is 8.82 Å². The Bertz CT molecular complexity index is 1690. The van der Waals surface area contributed by atoms with E-state index in [-0.39, 0.29) is 0 Å². The summed E-state index contributed by atoms with van der Waals surface area (Å²) in [6, 6.07) is 26.1. The van der Waals surface area contributed by atoms with Crippen LogP contribution in [0.2, 0.25) is 0 Å². The zero-order valence-electron chi connectivity index (χ0n) is 14.2. The molecular formula is C24H12INO. The third-order valence-corrected chi connectivity index (χ3v) is 6.65. The number of aromatic nitrogens is 1. The molecule has 27 heavy (non-hydrogen) atoms. The minimum atomic E-state index is 0.982. The fraction of sp³-hybridized carbons (Fsp3) is 0. The van der Waals surface area contributed by atoms with Gasteiger partial charge in [0, 0.05) is 26.9 Å². The number of nitrogens with zero attached hydrogens (tertiary/aromatic N) is 1. The molecule has 3 aromatic heterocycles. The van der Waals surface area contributed by atoms with Crippen LogP contribution in [0.4, 0.5) is 0 Å². The molecule has 0 spiro atoms. The Morgan fingerprint density at radius 2 is 1.33 bits per heavy atom. The van der Waals surface area contributed by atoms with Crippen molar-refractivity contribution in [1.29, 1.82) is 0 Å². The molecule has 4 aromatic carbocycles. The standard InChI is InChI=1S/C24H12INO/c25-18-9-4-7-15-16-11-12-20-21(24(16)27-23(15)18)17-8-3-6-14-13-5-1-2-10-19(13)26(20)22(14)17/h1-12H. The lowest BCUT2D eigenvalue weighted by Gasteiger charge is -1.98. The van der Waals surface area contributed by atoms with Crippen molar-refractivity contribution in [2.75, 3.05) is 0 Å². The van der Waals surface area contributed by atoms with E-state index in [9.17, 15) is 0 Å². The number of benzene rings is 4. The fourth-order valence-electron chi connectivity index (χ4n) is 4.73. The smallest absolute Gasteiger partial charge is 0.148 e. The van der Waals surface area contributed by atoms with E-state index in [1.807, 2.05) is 0 Å². The highest BCUT2D eigenvalue weighted by Gasteiger charge is 2.21. The molecule has 0 amide bonds. The van der Waals surface area contributed by atoms with Crippen molar-refractivity contribution in [3.05, 3.63) is 76.4 Å². The second kappa shape index (κ2) is 4.73. The number of halogens is 1. The first-order valence-electron chi connectivity index (χ1n) is 8.99. The highest BCUT2D eigenvalue weighted by molar-refractivity contribution is 14.1. The molecule has 0 fully saturated rings. The van der Waals surface area contributed by atoms with Crippen LogP contribution in [-0.4, -0.2) is 4.40 Å². The Morgan fingerprint density at radius 3 is 2.30 bits per heavy atom. The van der Waals surface area contributed by atoms with E-state index < -0.39 is 0 Å². The van der Waals surface area contributed by atoms with Gasteiger partial charge in [-0.15, -0.1) is 0 Å². The normalized spacial score (nSPS) is 12.6. The first-order valence-corrected chi connectivity index (χ1v) is 10.1. The van der Waals surface area contributed by atoms with Crippen molar-refractivity contribution >= 4 is 82.6 Å². The molecule has 2 nitrogen and oxygen atoms in total. The molecule has 0 atom stereocenters. The number of rotatable bonds is 0. The van der Waals surface area contributed by atoms with Crippen molar-refractivity contribution in [2.24, 2.45) is 0 Å². The minimum absolute atomic E-state index is 0.982. The molecule has 0 aliphatic rings. The highest BCUT2D eigenvalue weighted by atomic mass is 127. The van der Waals surface area contributed by atoms with E-state index in [0.29, 0.717) is 0 Å². The molecule has 0 saturated carbocycles. The van der Waals surface area contributed by atoms with Gasteiger partial charge in [0.1, 0.15) is 11.2 Å². The van der Waals surface area contributed by atoms with E-state index in [4.69, 9.17) is 4.42 Å². The van der Waals surface area contributed by atoms with Crippen LogP contribution in [0.1, 0.15) is 0 Å². The van der Waals surface area contributed by atoms with Crippen LogP contribution in [-0.2, 0) is 0 Å². The lowest BCUT2D eigenvalue weighted by Crippen LogP contribution is -1.79. The van der Waals surface area contributed by atoms with Crippen molar-refractivity contribution < 1.29 is 4.42 Å². The summed E-state index contributed by atoms with van der Waals surface area (Å²) in [4.78, 5) is 0. The molecular weight excluding hydrogens is 445 g/mol. The average Bonchev–Trinajstić information content (AvgIpc) is 3.34. The van der Waals surface area contributed by atoms with Crippen LogP contribution in [0.3, 0.4) is 0 Å². The van der Waals surface area contributed by atoms with Crippen LogP contribution in [0.25, 0.3) is 60.0 Å². The van der Waals surface area contributed by atoms with Gasteiger partial charge in [-0.05, 0) is 46.9 Å². The molecule has 0 bridgehead atoms. The van der Waals surface area contributed by atoms with E-state index in [1.54, 1.807) is 0 Å². The molecule has 3 heterocycles. The quantitative estimate of drug-likeness (QED) is 0.218. The predicted octanol–water partition coefficient (Wildman–Crippen LogP) is 7.34. The van der Waals surface area contributed by atoms with Crippen LogP contribution in [0.15, 0.2) is 77.2 Å². The Hall–Kier alpha value is -2.79. The lowest BCUT2D eigenvalue weighted by atomic mass is 10.1. The summed E-state index contributed by atoms with van der Waals surface area (Å²) in [6.07, 6.45) is 0. The number of fused-ring (bicyclic) bond motifs is 10. The number of hydrogen-bond acceptors (Lipinski definition) is 1. The topological polar surface area (TPSA) is 17.6 Å². The molecule has 0 radical (unpaired) electrons. The first kappa shape index (κ1) is 14.3. The van der Waals surface area contributed by atoms with Gasteiger partial charge in [-0.2, -0.15) is 0 Å². The van der Waals surface area contributed by atoms with E-state index >= 15 is 0 Å². The van der Waals surface area contributed by atoms with Crippen LogP contribution < -0.4 is 0 Å². The molecule has 0 aliphatic heterocycles. The van der Waals surface area contributed by atoms with Crippen molar-refractivity contribution in [1.82, 2.24) is 4.40 Å². The second-order valence-corrected chi connectivity index (χ2v) is 8.27. The lowest BCUT2D eigenvalue weighted by molar-refractivity contribution is 0.670. The maximum atomic E-state index is 6.45. The van der Waals surface area contributed by atoms with Gasteiger partial charge in [0.25, 0.3) is 0 Å². The molecule has 3 heteroatoms. The zero-order chi connectivity index (χ0) is 17.7. The zero-order valence-corrected chi connectivity index (χ0v) is 16.3. The maximum Gasteiger partial charge on any atom is 0.148 e. The summed E-state index contributed by atoms with van der Waals surface area (Å²) in [5.41, 5.74) is 5.73. The van der Waals surface area contributed by atoms with Gasteiger partial charge in [0.2, 0.25) is 0 Å². The fourth-order valence-corrected chi connectivity index (χ4v) is 5.34. The van der Waals surface area contributed by atoms with Gasteiger partial charge >= 0.3 is 0 Å². The molecule has 0 saturated heterocycles. The van der Waals surface area contributed by atoms with Gasteiger partial charge in [0.15, 0.2) is 0 Å². The van der Waals surface area contributed by atoms with Gasteiger partial charge in [-0.1, -0.05) is 48.5 Å². The highest BCUT2D eigenvalue weighted by Crippen LogP contribution is 2.43. The van der Waals surface area contributed by atoms with Crippen LogP contribution >= 0.6 is 22.6 Å². The van der Waals surface area contributed by atoms with E-state index in [0.717, 1.165) is 14.7 Å². The van der Waals surface area contributed by atoms with Gasteiger partial charge in [-0.25, -0.2) is 0 Å². The summed E-state index contributed by atoms with van der Waals surface area (Å²) < 4.78 is 9.99. The summed E-state index contributed by atoms with van der Waals surface area (Å²) in [5.74, 6) is 0. The van der Waals surface area contributed by atoms with Crippen LogP contribution in [0.5, 0.6) is 0 Å². The first-order chi connectivity index (χ1) is 13.3. The minimum Gasteiger partial charge on any atom is -0.454 e. The average molecular weight is 457 g/mol. The third-order valence-electron chi connectivity index (χ3n) is 5.80. The summed E-state index contributed by atoms with van der Waals surface area (Å²) in [5, 5.41) is 7.46. The maximum absolute atomic E-state index is 6.45. The Kier molecular flexibility index (Phi) is 2.50. The van der Waals surface area contributed by atoms with Gasteiger partial charge in [0.05, 0.1) is 25.5 Å². The van der Waals surface area contributed by atoms with Crippen molar-refractivity contribution in [2.45, 2.75) is 0 Å².